The maximum Gasteiger partial charge on any atom is 0.168 e. The molecule has 0 spiro atoms. The first kappa shape index (κ1) is 11.8. The van der Waals surface area contributed by atoms with Gasteiger partial charge < -0.3 is 5.32 Å². The summed E-state index contributed by atoms with van der Waals surface area (Å²) in [7, 11) is 0. The van der Waals surface area contributed by atoms with Crippen LogP contribution in [0.1, 0.15) is 5.56 Å². The molecule has 1 heterocycles. The molecule has 1 aromatic heterocycles. The molecule has 0 aliphatic rings. The van der Waals surface area contributed by atoms with Gasteiger partial charge in [0, 0.05) is 17.6 Å². The van der Waals surface area contributed by atoms with Gasteiger partial charge in [-0.15, -0.1) is 0 Å². The van der Waals surface area contributed by atoms with Crippen molar-refractivity contribution < 1.29 is 8.78 Å². The van der Waals surface area contributed by atoms with Crippen LogP contribution in [0.15, 0.2) is 36.5 Å². The van der Waals surface area contributed by atoms with E-state index >= 15 is 0 Å². The van der Waals surface area contributed by atoms with Crippen LogP contribution in [0, 0.1) is 11.6 Å². The topological polar surface area (TPSA) is 24.9 Å². The van der Waals surface area contributed by atoms with Crippen molar-refractivity contribution in [3.63, 3.8) is 0 Å². The molecule has 0 saturated carbocycles. The molecule has 2 aromatic rings. The number of hydrogen-bond donors (Lipinski definition) is 1. The Bertz CT molecular complexity index is 532. The summed E-state index contributed by atoms with van der Waals surface area (Å²) in [6.07, 6.45) is 0.956. The van der Waals surface area contributed by atoms with E-state index in [4.69, 9.17) is 11.6 Å². The van der Waals surface area contributed by atoms with E-state index in [9.17, 15) is 8.78 Å². The van der Waals surface area contributed by atoms with Gasteiger partial charge in [0.05, 0.1) is 6.20 Å². The summed E-state index contributed by atoms with van der Waals surface area (Å²) in [6.45, 7) is 0.329. The molecule has 0 aliphatic heterocycles. The largest absolute Gasteiger partial charge is 0.364 e. The summed E-state index contributed by atoms with van der Waals surface area (Å²) in [5, 5.41) is 3.35. The molecule has 5 heteroatoms. The zero-order valence-corrected chi connectivity index (χ0v) is 9.51. The molecule has 0 amide bonds. The molecule has 0 unspecified atom stereocenters. The van der Waals surface area contributed by atoms with E-state index in [1.54, 1.807) is 6.07 Å². The molecule has 0 atom stereocenters. The molecule has 17 heavy (non-hydrogen) atoms. The number of pyridine rings is 1. The van der Waals surface area contributed by atoms with Crippen molar-refractivity contribution in [1.82, 2.24) is 4.98 Å². The van der Waals surface area contributed by atoms with Gasteiger partial charge in [0.15, 0.2) is 11.6 Å². The smallest absolute Gasteiger partial charge is 0.168 e. The molecule has 2 rings (SSSR count). The number of hydrogen-bond acceptors (Lipinski definition) is 2. The summed E-state index contributed by atoms with van der Waals surface area (Å²) < 4.78 is 25.9. The summed E-state index contributed by atoms with van der Waals surface area (Å²) in [6, 6.07) is 7.98. The van der Waals surface area contributed by atoms with Crippen LogP contribution in [-0.4, -0.2) is 4.98 Å². The molecule has 0 radical (unpaired) electrons. The van der Waals surface area contributed by atoms with Crippen LogP contribution < -0.4 is 5.32 Å². The third-order valence-electron chi connectivity index (χ3n) is 2.21. The highest BCUT2D eigenvalue weighted by atomic mass is 35.5. The first-order valence-electron chi connectivity index (χ1n) is 4.95. The Hall–Kier alpha value is -1.68. The van der Waals surface area contributed by atoms with Crippen LogP contribution >= 0.6 is 11.6 Å². The van der Waals surface area contributed by atoms with E-state index in [0.29, 0.717) is 11.6 Å². The van der Waals surface area contributed by atoms with E-state index in [-0.39, 0.29) is 5.82 Å². The third kappa shape index (κ3) is 2.91. The second-order valence-electron chi connectivity index (χ2n) is 3.43. The lowest BCUT2D eigenvalue weighted by Gasteiger charge is -2.07. The molecule has 0 fully saturated rings. The van der Waals surface area contributed by atoms with Crippen LogP contribution in [0.4, 0.5) is 14.6 Å². The highest BCUT2D eigenvalue weighted by molar-refractivity contribution is 6.31. The van der Waals surface area contributed by atoms with Crippen LogP contribution in [0.5, 0.6) is 0 Å². The van der Waals surface area contributed by atoms with Gasteiger partial charge in [0.2, 0.25) is 0 Å². The van der Waals surface area contributed by atoms with Gasteiger partial charge in [-0.25, -0.2) is 13.8 Å². The Morgan fingerprint density at radius 3 is 2.71 bits per heavy atom. The Kier molecular flexibility index (Phi) is 3.54. The number of nitrogens with one attached hydrogen (secondary N) is 1. The number of halogens is 3. The number of benzene rings is 1. The predicted octanol–water partition coefficient (Wildman–Crippen LogP) is 3.63. The lowest BCUT2D eigenvalue weighted by Crippen LogP contribution is -2.04. The van der Waals surface area contributed by atoms with Crippen molar-refractivity contribution in [2.45, 2.75) is 6.54 Å². The van der Waals surface area contributed by atoms with Gasteiger partial charge in [0.25, 0.3) is 0 Å². The van der Waals surface area contributed by atoms with Gasteiger partial charge in [-0.1, -0.05) is 29.8 Å². The van der Waals surface area contributed by atoms with E-state index in [0.717, 1.165) is 17.8 Å². The van der Waals surface area contributed by atoms with E-state index in [1.165, 1.54) is 0 Å². The molecular weight excluding hydrogens is 246 g/mol. The average Bonchev–Trinajstić information content (AvgIpc) is 2.30. The van der Waals surface area contributed by atoms with Gasteiger partial charge in [-0.05, 0) is 11.6 Å². The molecule has 0 aliphatic carbocycles. The fourth-order valence-corrected chi connectivity index (χ4v) is 1.57. The van der Waals surface area contributed by atoms with Crippen molar-refractivity contribution in [1.29, 1.82) is 0 Å². The number of aromatic nitrogens is 1. The Balaban J connectivity index is 2.10. The predicted molar refractivity (Wildman–Crippen MR) is 62.9 cm³/mol. The zero-order valence-electron chi connectivity index (χ0n) is 8.75. The van der Waals surface area contributed by atoms with Crippen LogP contribution in [0.25, 0.3) is 0 Å². The summed E-state index contributed by atoms with van der Waals surface area (Å²) in [5.74, 6) is -1.42. The first-order valence-corrected chi connectivity index (χ1v) is 5.33. The molecule has 88 valence electrons. The summed E-state index contributed by atoms with van der Waals surface area (Å²) in [5.41, 5.74) is 0.819. The fraction of sp³-hybridized carbons (Fsp3) is 0.0833. The molecule has 2 nitrogen and oxygen atoms in total. The van der Waals surface area contributed by atoms with E-state index < -0.39 is 11.6 Å². The van der Waals surface area contributed by atoms with Crippen LogP contribution in [0.2, 0.25) is 5.02 Å². The van der Waals surface area contributed by atoms with E-state index in [1.807, 2.05) is 18.2 Å². The Morgan fingerprint density at radius 2 is 2.00 bits per heavy atom. The highest BCUT2D eigenvalue weighted by Gasteiger charge is 2.05. The second-order valence-corrected chi connectivity index (χ2v) is 3.84. The van der Waals surface area contributed by atoms with Crippen LogP contribution in [0.3, 0.4) is 0 Å². The quantitative estimate of drug-likeness (QED) is 0.905. The minimum absolute atomic E-state index is 0.00585. The number of anilines is 1. The molecular formula is C12H9ClF2N2. The maximum atomic E-state index is 13.3. The first-order chi connectivity index (χ1) is 8.16. The minimum Gasteiger partial charge on any atom is -0.364 e. The minimum atomic E-state index is -0.725. The summed E-state index contributed by atoms with van der Waals surface area (Å²) >= 11 is 5.94. The lowest BCUT2D eigenvalue weighted by molar-refractivity contribution is 0.575. The van der Waals surface area contributed by atoms with Crippen molar-refractivity contribution in [2.75, 3.05) is 5.32 Å². The van der Waals surface area contributed by atoms with Crippen LogP contribution in [-0.2, 0) is 6.54 Å². The van der Waals surface area contributed by atoms with Gasteiger partial charge in [-0.2, -0.15) is 0 Å². The van der Waals surface area contributed by atoms with Crippen molar-refractivity contribution in [3.8, 4) is 0 Å². The Labute approximate surface area is 102 Å². The van der Waals surface area contributed by atoms with Crippen molar-refractivity contribution in [3.05, 3.63) is 58.7 Å². The molecule has 0 bridgehead atoms. The monoisotopic (exact) mass is 254 g/mol. The maximum absolute atomic E-state index is 13.3. The van der Waals surface area contributed by atoms with Gasteiger partial charge >= 0.3 is 0 Å². The van der Waals surface area contributed by atoms with Crippen molar-refractivity contribution in [2.24, 2.45) is 0 Å². The molecule has 1 aromatic carbocycles. The average molecular weight is 255 g/mol. The van der Waals surface area contributed by atoms with Crippen molar-refractivity contribution >= 4 is 17.4 Å². The van der Waals surface area contributed by atoms with Gasteiger partial charge in [0.1, 0.15) is 5.82 Å². The Morgan fingerprint density at radius 1 is 1.24 bits per heavy atom. The summed E-state index contributed by atoms with van der Waals surface area (Å²) in [4.78, 5) is 3.62. The SMILES string of the molecule is Fc1cnc(NCc2ccccc2Cl)c(F)c1. The highest BCUT2D eigenvalue weighted by Crippen LogP contribution is 2.17. The number of rotatable bonds is 3. The third-order valence-corrected chi connectivity index (χ3v) is 2.58. The standard InChI is InChI=1S/C12H9ClF2N2/c13-10-4-2-1-3-8(10)6-16-12-11(15)5-9(14)7-17-12/h1-5,7H,6H2,(H,16,17). The number of nitrogens with zero attached hydrogens (tertiary/aromatic N) is 1. The molecule has 0 saturated heterocycles. The second kappa shape index (κ2) is 5.10. The zero-order chi connectivity index (χ0) is 12.3. The fourth-order valence-electron chi connectivity index (χ4n) is 1.37. The normalized spacial score (nSPS) is 10.3. The molecule has 1 N–H and O–H groups in total. The van der Waals surface area contributed by atoms with Gasteiger partial charge in [-0.3, -0.25) is 0 Å². The van der Waals surface area contributed by atoms with E-state index in [2.05, 4.69) is 10.3 Å². The lowest BCUT2D eigenvalue weighted by atomic mass is 10.2.